The Morgan fingerprint density at radius 1 is 1.41 bits per heavy atom. The SMILES string of the molecule is O=C(CN1CCOC1=O)N1CCCC2(CCc3cn[nH]c32)C1. The van der Waals surface area contributed by atoms with Crippen LogP contribution in [0.1, 0.15) is 30.5 Å². The van der Waals surface area contributed by atoms with Crippen molar-refractivity contribution >= 4 is 12.0 Å². The Morgan fingerprint density at radius 3 is 3.14 bits per heavy atom. The molecule has 2 saturated heterocycles. The maximum Gasteiger partial charge on any atom is 0.410 e. The van der Waals surface area contributed by atoms with E-state index in [1.807, 2.05) is 11.1 Å². The van der Waals surface area contributed by atoms with Crippen LogP contribution in [0.5, 0.6) is 0 Å². The van der Waals surface area contributed by atoms with Gasteiger partial charge in [-0.2, -0.15) is 5.10 Å². The first-order valence-electron chi connectivity index (χ1n) is 7.90. The number of aryl methyl sites for hydroxylation is 1. The number of carbonyl (C=O) groups excluding carboxylic acids is 2. The molecule has 4 rings (SSSR count). The number of rotatable bonds is 2. The molecule has 2 amide bonds. The fraction of sp³-hybridized carbons (Fsp3) is 0.667. The minimum absolute atomic E-state index is 0.0193. The number of nitrogens with one attached hydrogen (secondary N) is 1. The summed E-state index contributed by atoms with van der Waals surface area (Å²) in [5.41, 5.74) is 2.54. The normalized spacial score (nSPS) is 27.4. The highest BCUT2D eigenvalue weighted by molar-refractivity contribution is 5.83. The molecule has 118 valence electrons. The van der Waals surface area contributed by atoms with Crippen LogP contribution in [0.2, 0.25) is 0 Å². The van der Waals surface area contributed by atoms with Crippen molar-refractivity contribution in [3.05, 3.63) is 17.5 Å². The van der Waals surface area contributed by atoms with Gasteiger partial charge in [0.2, 0.25) is 5.91 Å². The van der Waals surface area contributed by atoms with Gasteiger partial charge < -0.3 is 9.64 Å². The average molecular weight is 304 g/mol. The van der Waals surface area contributed by atoms with Crippen molar-refractivity contribution in [2.24, 2.45) is 0 Å². The summed E-state index contributed by atoms with van der Waals surface area (Å²) in [6, 6.07) is 0. The first-order valence-corrected chi connectivity index (χ1v) is 7.90. The van der Waals surface area contributed by atoms with Crippen LogP contribution in [0, 0.1) is 0 Å². The molecule has 1 aromatic heterocycles. The average Bonchev–Trinajstić information content (AvgIpc) is 3.21. The standard InChI is InChI=1S/C15H20N4O3/c20-12(9-18-6-7-22-14(18)21)19-5-1-3-15(10-19)4-2-11-8-16-17-13(11)15/h8H,1-7,9-10H2,(H,16,17). The summed E-state index contributed by atoms with van der Waals surface area (Å²) in [6.45, 7) is 2.52. The third kappa shape index (κ3) is 2.07. The first kappa shape index (κ1) is 13.6. The van der Waals surface area contributed by atoms with Gasteiger partial charge in [0.15, 0.2) is 0 Å². The Hall–Kier alpha value is -2.05. The van der Waals surface area contributed by atoms with Crippen LogP contribution >= 0.6 is 0 Å². The molecule has 1 aromatic rings. The van der Waals surface area contributed by atoms with E-state index in [0.29, 0.717) is 13.2 Å². The van der Waals surface area contributed by atoms with E-state index in [1.54, 1.807) is 0 Å². The quantitative estimate of drug-likeness (QED) is 0.871. The van der Waals surface area contributed by atoms with Crippen molar-refractivity contribution in [2.75, 3.05) is 32.8 Å². The second kappa shape index (κ2) is 5.00. The topological polar surface area (TPSA) is 78.5 Å². The van der Waals surface area contributed by atoms with Gasteiger partial charge in [0.1, 0.15) is 13.2 Å². The smallest absolute Gasteiger partial charge is 0.410 e. The van der Waals surface area contributed by atoms with E-state index in [0.717, 1.165) is 38.8 Å². The summed E-state index contributed by atoms with van der Waals surface area (Å²) < 4.78 is 4.89. The van der Waals surface area contributed by atoms with Gasteiger partial charge in [-0.1, -0.05) is 0 Å². The van der Waals surface area contributed by atoms with E-state index < -0.39 is 0 Å². The lowest BCUT2D eigenvalue weighted by Gasteiger charge is -2.40. The van der Waals surface area contributed by atoms with Crippen LogP contribution in [-0.2, 0) is 21.4 Å². The zero-order chi connectivity index (χ0) is 15.2. The van der Waals surface area contributed by atoms with Gasteiger partial charge in [-0.25, -0.2) is 4.79 Å². The summed E-state index contributed by atoms with van der Waals surface area (Å²) in [5.74, 6) is 0.0193. The van der Waals surface area contributed by atoms with Crippen LogP contribution < -0.4 is 0 Å². The van der Waals surface area contributed by atoms with Gasteiger partial charge in [0, 0.05) is 24.2 Å². The second-order valence-corrected chi connectivity index (χ2v) is 6.51. The molecule has 22 heavy (non-hydrogen) atoms. The Balaban J connectivity index is 1.47. The minimum atomic E-state index is -0.378. The lowest BCUT2D eigenvalue weighted by Crippen LogP contribution is -2.50. The Kier molecular flexibility index (Phi) is 3.09. The molecule has 0 radical (unpaired) electrons. The van der Waals surface area contributed by atoms with E-state index in [1.165, 1.54) is 16.2 Å². The van der Waals surface area contributed by atoms with Gasteiger partial charge in [0.05, 0.1) is 12.7 Å². The number of amides is 2. The fourth-order valence-corrected chi connectivity index (χ4v) is 4.04. The number of piperidine rings is 1. The number of aromatic nitrogens is 2. The molecule has 1 atom stereocenters. The molecule has 7 heteroatoms. The lowest BCUT2D eigenvalue weighted by molar-refractivity contribution is -0.134. The summed E-state index contributed by atoms with van der Waals surface area (Å²) in [4.78, 5) is 27.4. The Labute approximate surface area is 128 Å². The van der Waals surface area contributed by atoms with Crippen LogP contribution in [0.25, 0.3) is 0 Å². The first-order chi connectivity index (χ1) is 10.7. The fourth-order valence-electron chi connectivity index (χ4n) is 4.04. The van der Waals surface area contributed by atoms with Gasteiger partial charge in [-0.15, -0.1) is 0 Å². The molecule has 2 fully saturated rings. The van der Waals surface area contributed by atoms with E-state index in [4.69, 9.17) is 4.74 Å². The third-order valence-electron chi connectivity index (χ3n) is 5.22. The largest absolute Gasteiger partial charge is 0.448 e. The molecule has 0 aromatic carbocycles. The number of likely N-dealkylation sites (tertiary alicyclic amines) is 1. The van der Waals surface area contributed by atoms with Crippen molar-refractivity contribution in [2.45, 2.75) is 31.1 Å². The van der Waals surface area contributed by atoms with E-state index in [2.05, 4.69) is 10.2 Å². The van der Waals surface area contributed by atoms with Crippen molar-refractivity contribution in [1.82, 2.24) is 20.0 Å². The highest BCUT2D eigenvalue weighted by Gasteiger charge is 2.44. The van der Waals surface area contributed by atoms with Crippen molar-refractivity contribution in [1.29, 1.82) is 0 Å². The van der Waals surface area contributed by atoms with Crippen LogP contribution in [0.4, 0.5) is 4.79 Å². The summed E-state index contributed by atoms with van der Waals surface area (Å²) >= 11 is 0. The molecule has 0 saturated carbocycles. The van der Waals surface area contributed by atoms with E-state index >= 15 is 0 Å². The van der Waals surface area contributed by atoms with E-state index in [9.17, 15) is 9.59 Å². The number of cyclic esters (lactones) is 1. The van der Waals surface area contributed by atoms with Crippen molar-refractivity contribution < 1.29 is 14.3 Å². The zero-order valence-electron chi connectivity index (χ0n) is 12.5. The number of ether oxygens (including phenoxy) is 1. The highest BCUT2D eigenvalue weighted by Crippen LogP contribution is 2.43. The lowest BCUT2D eigenvalue weighted by atomic mass is 9.77. The number of aromatic amines is 1. The molecule has 3 aliphatic rings. The molecule has 1 N–H and O–H groups in total. The van der Waals surface area contributed by atoms with E-state index in [-0.39, 0.29) is 24.0 Å². The van der Waals surface area contributed by atoms with Crippen molar-refractivity contribution in [3.8, 4) is 0 Å². The van der Waals surface area contributed by atoms with Gasteiger partial charge >= 0.3 is 6.09 Å². The number of hydrogen-bond acceptors (Lipinski definition) is 4. The molecule has 1 spiro atoms. The summed E-state index contributed by atoms with van der Waals surface area (Å²) in [5, 5.41) is 7.30. The molecule has 1 unspecified atom stereocenters. The van der Waals surface area contributed by atoms with Crippen LogP contribution in [0.3, 0.4) is 0 Å². The number of nitrogens with zero attached hydrogens (tertiary/aromatic N) is 3. The number of hydrogen-bond donors (Lipinski definition) is 1. The molecule has 2 aliphatic heterocycles. The summed E-state index contributed by atoms with van der Waals surface area (Å²) in [7, 11) is 0. The molecule has 7 nitrogen and oxygen atoms in total. The predicted molar refractivity (Wildman–Crippen MR) is 77.3 cm³/mol. The number of H-pyrrole nitrogens is 1. The molecule has 0 bridgehead atoms. The van der Waals surface area contributed by atoms with Crippen LogP contribution in [0.15, 0.2) is 6.20 Å². The molecule has 1 aliphatic carbocycles. The number of carbonyl (C=O) groups is 2. The molecule has 3 heterocycles. The minimum Gasteiger partial charge on any atom is -0.448 e. The predicted octanol–water partition coefficient (Wildman–Crippen LogP) is 0.668. The Bertz CT molecular complexity index is 614. The number of fused-ring (bicyclic) bond motifs is 2. The third-order valence-corrected chi connectivity index (χ3v) is 5.22. The van der Waals surface area contributed by atoms with Gasteiger partial charge in [-0.05, 0) is 31.2 Å². The Morgan fingerprint density at radius 2 is 2.32 bits per heavy atom. The van der Waals surface area contributed by atoms with Gasteiger partial charge in [-0.3, -0.25) is 14.8 Å². The van der Waals surface area contributed by atoms with Gasteiger partial charge in [0.25, 0.3) is 0 Å². The van der Waals surface area contributed by atoms with Crippen molar-refractivity contribution in [3.63, 3.8) is 0 Å². The maximum atomic E-state index is 12.5. The highest BCUT2D eigenvalue weighted by atomic mass is 16.6. The maximum absolute atomic E-state index is 12.5. The monoisotopic (exact) mass is 304 g/mol. The zero-order valence-corrected chi connectivity index (χ0v) is 12.5. The second-order valence-electron chi connectivity index (χ2n) is 6.51. The van der Waals surface area contributed by atoms with Crippen LogP contribution in [-0.4, -0.2) is 64.8 Å². The molecular weight excluding hydrogens is 284 g/mol. The molecular formula is C15H20N4O3. The summed E-state index contributed by atoms with van der Waals surface area (Å²) in [6.07, 6.45) is 5.73.